The molecule has 1 aromatic carbocycles. The number of rotatable bonds is 4. The lowest BCUT2D eigenvalue weighted by Gasteiger charge is -2.22. The molecule has 0 saturated heterocycles. The van der Waals surface area contributed by atoms with Crippen LogP contribution in [0.15, 0.2) is 36.9 Å². The standard InChI is InChI=1S/C13H14F3N5O/c1-2-20(7-13(14,15)16)12(22)19-10-4-3-5-11(6-10)21-9-17-8-18-21/h3-6,8-9H,2,7H2,1H3,(H,19,22). The second-order valence-corrected chi connectivity index (χ2v) is 4.45. The van der Waals surface area contributed by atoms with Gasteiger partial charge in [0.25, 0.3) is 0 Å². The minimum absolute atomic E-state index is 0.0475. The summed E-state index contributed by atoms with van der Waals surface area (Å²) < 4.78 is 38.7. The van der Waals surface area contributed by atoms with Crippen LogP contribution in [-0.2, 0) is 0 Å². The summed E-state index contributed by atoms with van der Waals surface area (Å²) in [6, 6.07) is 5.76. The predicted molar refractivity (Wildman–Crippen MR) is 73.7 cm³/mol. The van der Waals surface area contributed by atoms with Gasteiger partial charge in [-0.1, -0.05) is 6.07 Å². The van der Waals surface area contributed by atoms with Gasteiger partial charge >= 0.3 is 12.2 Å². The molecule has 2 rings (SSSR count). The highest BCUT2D eigenvalue weighted by molar-refractivity contribution is 5.89. The van der Waals surface area contributed by atoms with Gasteiger partial charge in [0.1, 0.15) is 19.2 Å². The molecule has 1 aromatic heterocycles. The van der Waals surface area contributed by atoms with Gasteiger partial charge in [-0.15, -0.1) is 0 Å². The monoisotopic (exact) mass is 313 g/mol. The zero-order valence-corrected chi connectivity index (χ0v) is 11.7. The van der Waals surface area contributed by atoms with Gasteiger partial charge in [0.15, 0.2) is 0 Å². The first-order chi connectivity index (χ1) is 10.4. The first-order valence-electron chi connectivity index (χ1n) is 6.47. The third kappa shape index (κ3) is 4.21. The lowest BCUT2D eigenvalue weighted by atomic mass is 10.3. The highest BCUT2D eigenvalue weighted by Crippen LogP contribution is 2.18. The highest BCUT2D eigenvalue weighted by Gasteiger charge is 2.32. The third-order valence-electron chi connectivity index (χ3n) is 2.82. The quantitative estimate of drug-likeness (QED) is 0.944. The normalized spacial score (nSPS) is 11.3. The van der Waals surface area contributed by atoms with Crippen LogP contribution in [0.25, 0.3) is 5.69 Å². The highest BCUT2D eigenvalue weighted by atomic mass is 19.4. The van der Waals surface area contributed by atoms with Crippen LogP contribution in [0.4, 0.5) is 23.7 Å². The summed E-state index contributed by atoms with van der Waals surface area (Å²) in [5.41, 5.74) is 1.01. The smallest absolute Gasteiger partial charge is 0.316 e. The molecule has 6 nitrogen and oxygen atoms in total. The first-order valence-corrected chi connectivity index (χ1v) is 6.47. The number of carbonyl (C=O) groups excluding carboxylic acids is 1. The number of urea groups is 1. The van der Waals surface area contributed by atoms with Crippen LogP contribution in [-0.4, -0.2) is 45.0 Å². The first kappa shape index (κ1) is 15.8. The summed E-state index contributed by atoms with van der Waals surface area (Å²) >= 11 is 0. The molecular formula is C13H14F3N5O. The maximum Gasteiger partial charge on any atom is 0.406 e. The Hall–Kier alpha value is -2.58. The molecular weight excluding hydrogens is 299 g/mol. The van der Waals surface area contributed by atoms with Crippen molar-refractivity contribution in [1.82, 2.24) is 19.7 Å². The molecule has 0 unspecified atom stereocenters. The van der Waals surface area contributed by atoms with Crippen molar-refractivity contribution in [3.8, 4) is 5.69 Å². The molecule has 0 bridgehead atoms. The van der Waals surface area contributed by atoms with Gasteiger partial charge in [0.2, 0.25) is 0 Å². The Balaban J connectivity index is 2.09. The van der Waals surface area contributed by atoms with Crippen molar-refractivity contribution in [1.29, 1.82) is 0 Å². The molecule has 1 N–H and O–H groups in total. The van der Waals surface area contributed by atoms with E-state index in [9.17, 15) is 18.0 Å². The Morgan fingerprint density at radius 2 is 2.18 bits per heavy atom. The molecule has 0 atom stereocenters. The van der Waals surface area contributed by atoms with E-state index in [1.54, 1.807) is 24.3 Å². The fourth-order valence-electron chi connectivity index (χ4n) is 1.81. The number of amides is 2. The molecule has 2 amide bonds. The Labute approximate surface area is 124 Å². The second kappa shape index (κ2) is 6.46. The molecule has 118 valence electrons. The van der Waals surface area contributed by atoms with Crippen LogP contribution < -0.4 is 5.32 Å². The van der Waals surface area contributed by atoms with Gasteiger partial charge in [-0.25, -0.2) is 14.5 Å². The molecule has 0 saturated carbocycles. The summed E-state index contributed by atoms with van der Waals surface area (Å²) in [5, 5.41) is 6.38. The molecule has 9 heteroatoms. The van der Waals surface area contributed by atoms with E-state index in [0.717, 1.165) is 0 Å². The molecule has 0 aliphatic rings. The molecule has 22 heavy (non-hydrogen) atoms. The van der Waals surface area contributed by atoms with E-state index < -0.39 is 18.8 Å². The average Bonchev–Trinajstić information content (AvgIpc) is 2.98. The molecule has 1 heterocycles. The lowest BCUT2D eigenvalue weighted by molar-refractivity contribution is -0.139. The number of carbonyl (C=O) groups is 1. The Morgan fingerprint density at radius 3 is 2.77 bits per heavy atom. The number of nitrogens with one attached hydrogen (secondary N) is 1. The minimum Gasteiger partial charge on any atom is -0.316 e. The van der Waals surface area contributed by atoms with E-state index in [1.165, 1.54) is 24.3 Å². The fourth-order valence-corrected chi connectivity index (χ4v) is 1.81. The summed E-state index contributed by atoms with van der Waals surface area (Å²) in [6.45, 7) is 0.142. The van der Waals surface area contributed by atoms with E-state index in [1.807, 2.05) is 0 Å². The van der Waals surface area contributed by atoms with Crippen molar-refractivity contribution in [3.05, 3.63) is 36.9 Å². The topological polar surface area (TPSA) is 63.1 Å². The van der Waals surface area contributed by atoms with Crippen molar-refractivity contribution in [2.24, 2.45) is 0 Å². The van der Waals surface area contributed by atoms with Crippen molar-refractivity contribution < 1.29 is 18.0 Å². The maximum atomic E-state index is 12.4. The van der Waals surface area contributed by atoms with Gasteiger partial charge in [-0.3, -0.25) is 0 Å². The summed E-state index contributed by atoms with van der Waals surface area (Å²) in [4.78, 5) is 16.4. The second-order valence-electron chi connectivity index (χ2n) is 4.45. The number of hydrogen-bond acceptors (Lipinski definition) is 3. The molecule has 2 aromatic rings. The number of alkyl halides is 3. The van der Waals surface area contributed by atoms with Crippen molar-refractivity contribution in [2.75, 3.05) is 18.4 Å². The largest absolute Gasteiger partial charge is 0.406 e. The zero-order valence-electron chi connectivity index (χ0n) is 11.7. The van der Waals surface area contributed by atoms with E-state index in [2.05, 4.69) is 15.4 Å². The van der Waals surface area contributed by atoms with E-state index in [-0.39, 0.29) is 6.54 Å². The number of aromatic nitrogens is 3. The van der Waals surface area contributed by atoms with Crippen LogP contribution in [0.3, 0.4) is 0 Å². The zero-order chi connectivity index (χ0) is 16.2. The molecule has 0 spiro atoms. The SMILES string of the molecule is CCN(CC(F)(F)F)C(=O)Nc1cccc(-n2cncn2)c1. The van der Waals surface area contributed by atoms with E-state index in [0.29, 0.717) is 16.3 Å². The number of nitrogens with zero attached hydrogens (tertiary/aromatic N) is 4. The van der Waals surface area contributed by atoms with Crippen molar-refractivity contribution in [3.63, 3.8) is 0 Å². The van der Waals surface area contributed by atoms with Crippen LogP contribution in [0.2, 0.25) is 0 Å². The Morgan fingerprint density at radius 1 is 1.41 bits per heavy atom. The average molecular weight is 313 g/mol. The lowest BCUT2D eigenvalue weighted by Crippen LogP contribution is -2.41. The summed E-state index contributed by atoms with van der Waals surface area (Å²) in [5.74, 6) is 0. The number of anilines is 1. The van der Waals surface area contributed by atoms with Crippen molar-refractivity contribution in [2.45, 2.75) is 13.1 Å². The summed E-state index contributed by atoms with van der Waals surface area (Å²) in [7, 11) is 0. The van der Waals surface area contributed by atoms with Gasteiger partial charge < -0.3 is 10.2 Å². The molecule has 0 aliphatic heterocycles. The Bertz CT molecular complexity index is 627. The van der Waals surface area contributed by atoms with Crippen LogP contribution >= 0.6 is 0 Å². The van der Waals surface area contributed by atoms with Gasteiger partial charge in [-0.05, 0) is 25.1 Å². The van der Waals surface area contributed by atoms with Crippen LogP contribution in [0.1, 0.15) is 6.92 Å². The van der Waals surface area contributed by atoms with E-state index >= 15 is 0 Å². The molecule has 0 fully saturated rings. The maximum absolute atomic E-state index is 12.4. The number of hydrogen-bond donors (Lipinski definition) is 1. The fraction of sp³-hybridized carbons (Fsp3) is 0.308. The van der Waals surface area contributed by atoms with Crippen LogP contribution in [0.5, 0.6) is 0 Å². The molecule has 0 radical (unpaired) electrons. The Kier molecular flexibility index (Phi) is 4.64. The van der Waals surface area contributed by atoms with Gasteiger partial charge in [0, 0.05) is 12.2 Å². The minimum atomic E-state index is -4.43. The molecule has 0 aliphatic carbocycles. The van der Waals surface area contributed by atoms with Crippen LogP contribution in [0, 0.1) is 0 Å². The summed E-state index contributed by atoms with van der Waals surface area (Å²) in [6.07, 6.45) is -1.60. The van der Waals surface area contributed by atoms with Gasteiger partial charge in [0.05, 0.1) is 5.69 Å². The third-order valence-corrected chi connectivity index (χ3v) is 2.82. The number of benzene rings is 1. The van der Waals surface area contributed by atoms with E-state index in [4.69, 9.17) is 0 Å². The van der Waals surface area contributed by atoms with Gasteiger partial charge in [-0.2, -0.15) is 18.3 Å². The number of halogens is 3. The van der Waals surface area contributed by atoms with Crippen molar-refractivity contribution >= 4 is 11.7 Å². The predicted octanol–water partition coefficient (Wildman–Crippen LogP) is 2.68.